The second kappa shape index (κ2) is 6.85. The SMILES string of the molecule is CCC(CCO)NC(=O)/C=C/c1ccnn1C. The van der Waals surface area contributed by atoms with Crippen LogP contribution in [0.5, 0.6) is 0 Å². The van der Waals surface area contributed by atoms with Crippen molar-refractivity contribution in [1.82, 2.24) is 15.1 Å². The van der Waals surface area contributed by atoms with E-state index in [9.17, 15) is 4.79 Å². The normalized spacial score (nSPS) is 12.9. The van der Waals surface area contributed by atoms with Crippen LogP contribution in [0.1, 0.15) is 25.5 Å². The van der Waals surface area contributed by atoms with Crippen LogP contribution in [0.15, 0.2) is 18.3 Å². The zero-order valence-electron chi connectivity index (χ0n) is 10.3. The number of aliphatic hydroxyl groups is 1. The molecule has 0 radical (unpaired) electrons. The van der Waals surface area contributed by atoms with E-state index in [1.807, 2.05) is 20.0 Å². The first-order valence-electron chi connectivity index (χ1n) is 5.74. The summed E-state index contributed by atoms with van der Waals surface area (Å²) in [5.41, 5.74) is 0.871. The molecule has 1 amide bonds. The highest BCUT2D eigenvalue weighted by Gasteiger charge is 2.07. The molecule has 0 aliphatic rings. The molecule has 1 atom stereocenters. The molecule has 5 heteroatoms. The molecule has 0 aromatic carbocycles. The zero-order chi connectivity index (χ0) is 12.7. The van der Waals surface area contributed by atoms with E-state index in [0.29, 0.717) is 6.42 Å². The van der Waals surface area contributed by atoms with Gasteiger partial charge in [-0.25, -0.2) is 0 Å². The van der Waals surface area contributed by atoms with Gasteiger partial charge in [0.15, 0.2) is 0 Å². The number of rotatable bonds is 6. The summed E-state index contributed by atoms with van der Waals surface area (Å²) >= 11 is 0. The van der Waals surface area contributed by atoms with Gasteiger partial charge in [-0.3, -0.25) is 9.48 Å². The van der Waals surface area contributed by atoms with Crippen molar-refractivity contribution in [3.8, 4) is 0 Å². The molecule has 0 fully saturated rings. The second-order valence-corrected chi connectivity index (χ2v) is 3.84. The van der Waals surface area contributed by atoms with E-state index >= 15 is 0 Å². The Kier molecular flexibility index (Phi) is 5.42. The predicted molar refractivity (Wildman–Crippen MR) is 66.2 cm³/mol. The number of nitrogens with zero attached hydrogens (tertiary/aromatic N) is 2. The Morgan fingerprint density at radius 3 is 3.00 bits per heavy atom. The highest BCUT2D eigenvalue weighted by atomic mass is 16.3. The van der Waals surface area contributed by atoms with Gasteiger partial charge >= 0.3 is 0 Å². The Morgan fingerprint density at radius 2 is 2.47 bits per heavy atom. The molecule has 0 bridgehead atoms. The molecular formula is C12H19N3O2. The molecular weight excluding hydrogens is 218 g/mol. The molecule has 1 aromatic rings. The van der Waals surface area contributed by atoms with E-state index in [-0.39, 0.29) is 18.6 Å². The van der Waals surface area contributed by atoms with Crippen LogP contribution in [0.2, 0.25) is 0 Å². The van der Waals surface area contributed by atoms with Crippen molar-refractivity contribution in [3.63, 3.8) is 0 Å². The van der Waals surface area contributed by atoms with E-state index in [1.54, 1.807) is 17.0 Å². The van der Waals surface area contributed by atoms with E-state index in [4.69, 9.17) is 5.11 Å². The third-order valence-corrected chi connectivity index (χ3v) is 2.58. The number of nitrogens with one attached hydrogen (secondary N) is 1. The van der Waals surface area contributed by atoms with Crippen LogP contribution in [0.4, 0.5) is 0 Å². The van der Waals surface area contributed by atoms with Crippen molar-refractivity contribution in [3.05, 3.63) is 24.0 Å². The van der Waals surface area contributed by atoms with E-state index in [2.05, 4.69) is 10.4 Å². The first-order valence-corrected chi connectivity index (χ1v) is 5.74. The lowest BCUT2D eigenvalue weighted by Gasteiger charge is -2.13. The molecule has 1 heterocycles. The molecule has 94 valence electrons. The Hall–Kier alpha value is -1.62. The van der Waals surface area contributed by atoms with Gasteiger partial charge in [0.25, 0.3) is 0 Å². The van der Waals surface area contributed by atoms with Crippen molar-refractivity contribution in [2.45, 2.75) is 25.8 Å². The van der Waals surface area contributed by atoms with Gasteiger partial charge in [-0.15, -0.1) is 0 Å². The number of aromatic nitrogens is 2. The number of hydrogen-bond acceptors (Lipinski definition) is 3. The summed E-state index contributed by atoms with van der Waals surface area (Å²) in [5.74, 6) is -0.147. The fourth-order valence-corrected chi connectivity index (χ4v) is 1.49. The summed E-state index contributed by atoms with van der Waals surface area (Å²) in [6.07, 6.45) is 6.27. The Labute approximate surface area is 101 Å². The maximum absolute atomic E-state index is 11.6. The maximum atomic E-state index is 11.6. The number of carbonyl (C=O) groups is 1. The van der Waals surface area contributed by atoms with Crippen LogP contribution >= 0.6 is 0 Å². The molecule has 0 spiro atoms. The molecule has 17 heavy (non-hydrogen) atoms. The van der Waals surface area contributed by atoms with Crippen LogP contribution in [-0.2, 0) is 11.8 Å². The summed E-state index contributed by atoms with van der Waals surface area (Å²) in [5, 5.41) is 15.7. The van der Waals surface area contributed by atoms with Crippen molar-refractivity contribution >= 4 is 12.0 Å². The highest BCUT2D eigenvalue weighted by molar-refractivity contribution is 5.91. The number of carbonyl (C=O) groups excluding carboxylic acids is 1. The van der Waals surface area contributed by atoms with Crippen molar-refractivity contribution in [2.24, 2.45) is 7.05 Å². The van der Waals surface area contributed by atoms with Gasteiger partial charge in [0.05, 0.1) is 5.69 Å². The van der Waals surface area contributed by atoms with Crippen molar-refractivity contribution < 1.29 is 9.90 Å². The minimum absolute atomic E-state index is 0.0312. The minimum Gasteiger partial charge on any atom is -0.396 e. The fraction of sp³-hybridized carbons (Fsp3) is 0.500. The van der Waals surface area contributed by atoms with Gasteiger partial charge in [0, 0.05) is 32.0 Å². The lowest BCUT2D eigenvalue weighted by Crippen LogP contribution is -2.33. The molecule has 2 N–H and O–H groups in total. The summed E-state index contributed by atoms with van der Waals surface area (Å²) in [6.45, 7) is 2.07. The number of aryl methyl sites for hydroxylation is 1. The Bertz CT molecular complexity index is 385. The minimum atomic E-state index is -0.147. The van der Waals surface area contributed by atoms with Gasteiger partial charge in [-0.1, -0.05) is 6.92 Å². The van der Waals surface area contributed by atoms with E-state index in [1.165, 1.54) is 6.08 Å². The predicted octanol–water partition coefficient (Wildman–Crippen LogP) is 0.711. The third kappa shape index (κ3) is 4.40. The number of aliphatic hydroxyl groups excluding tert-OH is 1. The molecule has 1 aromatic heterocycles. The summed E-state index contributed by atoms with van der Waals surface area (Å²) < 4.78 is 1.69. The Balaban J connectivity index is 2.49. The van der Waals surface area contributed by atoms with Crippen molar-refractivity contribution in [1.29, 1.82) is 0 Å². The quantitative estimate of drug-likeness (QED) is 0.716. The van der Waals surface area contributed by atoms with Gasteiger partial charge in [-0.2, -0.15) is 5.10 Å². The molecule has 0 saturated heterocycles. The van der Waals surface area contributed by atoms with Crippen LogP contribution in [0, 0.1) is 0 Å². The van der Waals surface area contributed by atoms with Crippen LogP contribution in [0.25, 0.3) is 6.08 Å². The summed E-state index contributed by atoms with van der Waals surface area (Å²) in [6, 6.07) is 1.86. The zero-order valence-corrected chi connectivity index (χ0v) is 10.3. The van der Waals surface area contributed by atoms with E-state index in [0.717, 1.165) is 12.1 Å². The molecule has 0 aliphatic heterocycles. The number of hydrogen-bond donors (Lipinski definition) is 2. The highest BCUT2D eigenvalue weighted by Crippen LogP contribution is 2.00. The average Bonchev–Trinajstić information content (AvgIpc) is 2.71. The largest absolute Gasteiger partial charge is 0.396 e. The Morgan fingerprint density at radius 1 is 1.71 bits per heavy atom. The summed E-state index contributed by atoms with van der Waals surface area (Å²) in [4.78, 5) is 11.6. The second-order valence-electron chi connectivity index (χ2n) is 3.84. The molecule has 0 aliphatic carbocycles. The molecule has 1 unspecified atom stereocenters. The van der Waals surface area contributed by atoms with Gasteiger partial charge in [0.2, 0.25) is 5.91 Å². The molecule has 1 rings (SSSR count). The fourth-order valence-electron chi connectivity index (χ4n) is 1.49. The molecule has 5 nitrogen and oxygen atoms in total. The van der Waals surface area contributed by atoms with Crippen LogP contribution < -0.4 is 5.32 Å². The lowest BCUT2D eigenvalue weighted by atomic mass is 10.1. The lowest BCUT2D eigenvalue weighted by molar-refractivity contribution is -0.117. The summed E-state index contributed by atoms with van der Waals surface area (Å²) in [7, 11) is 1.82. The third-order valence-electron chi connectivity index (χ3n) is 2.58. The topological polar surface area (TPSA) is 67.2 Å². The molecule has 0 saturated carbocycles. The van der Waals surface area contributed by atoms with Gasteiger partial charge in [0.1, 0.15) is 0 Å². The standard InChI is InChI=1S/C12H19N3O2/c1-3-10(7-9-16)14-12(17)5-4-11-6-8-13-15(11)2/h4-6,8,10,16H,3,7,9H2,1-2H3,(H,14,17)/b5-4+. The van der Waals surface area contributed by atoms with Gasteiger partial charge < -0.3 is 10.4 Å². The monoisotopic (exact) mass is 237 g/mol. The van der Waals surface area contributed by atoms with Gasteiger partial charge in [-0.05, 0) is 25.0 Å². The van der Waals surface area contributed by atoms with Crippen LogP contribution in [-0.4, -0.2) is 33.4 Å². The smallest absolute Gasteiger partial charge is 0.244 e. The van der Waals surface area contributed by atoms with Crippen LogP contribution in [0.3, 0.4) is 0 Å². The number of amides is 1. The maximum Gasteiger partial charge on any atom is 0.244 e. The van der Waals surface area contributed by atoms with Crippen molar-refractivity contribution in [2.75, 3.05) is 6.61 Å². The average molecular weight is 237 g/mol. The van der Waals surface area contributed by atoms with E-state index < -0.39 is 0 Å². The first kappa shape index (κ1) is 13.4. The first-order chi connectivity index (χ1) is 8.17.